The van der Waals surface area contributed by atoms with Gasteiger partial charge in [-0.2, -0.15) is 5.10 Å². The van der Waals surface area contributed by atoms with E-state index in [9.17, 15) is 23.2 Å². The minimum absolute atomic E-state index is 0.148. The number of alkyl halides is 2. The van der Waals surface area contributed by atoms with Crippen molar-refractivity contribution in [2.75, 3.05) is 26.0 Å². The summed E-state index contributed by atoms with van der Waals surface area (Å²) in [6.45, 7) is 0.694. The number of carbonyl (C=O) groups excluding carboxylic acids is 3. The highest BCUT2D eigenvalue weighted by molar-refractivity contribution is 5.96. The van der Waals surface area contributed by atoms with Crippen LogP contribution in [0.1, 0.15) is 28.9 Å². The van der Waals surface area contributed by atoms with E-state index in [0.29, 0.717) is 24.9 Å². The molecule has 33 heavy (non-hydrogen) atoms. The number of carbonyl (C=O) groups is 3. The standard InChI is InChI=1S/C13H12N4O.C5H9NO2.C4H4F2O/c1-3-9-5-4-6-10(7-9)17-8-11(15-2)12(16-17)13(14)18;1-6-3-2-4(7)5(6)8;5-4(6)1-3(4)2-7/h1,4-8,15H,2H3,(H2,14,18);4,7H,2-3H2,1H3;2-3H,1H2/t;4-;3-/m.00/s1. The summed E-state index contributed by atoms with van der Waals surface area (Å²) in [6, 6.07) is 7.30. The fraction of sp³-hybridized carbons (Fsp3) is 0.364. The first-order chi connectivity index (χ1) is 15.5. The van der Waals surface area contributed by atoms with Crippen molar-refractivity contribution in [3.8, 4) is 18.0 Å². The molecule has 2 aliphatic rings. The van der Waals surface area contributed by atoms with Crippen molar-refractivity contribution in [2.24, 2.45) is 11.7 Å². The highest BCUT2D eigenvalue weighted by atomic mass is 19.3. The van der Waals surface area contributed by atoms with Gasteiger partial charge in [-0.05, 0) is 24.6 Å². The Morgan fingerprint density at radius 2 is 2.12 bits per heavy atom. The third kappa shape index (κ3) is 6.60. The first-order valence-electron chi connectivity index (χ1n) is 9.94. The van der Waals surface area contributed by atoms with E-state index < -0.39 is 23.9 Å². The van der Waals surface area contributed by atoms with Crippen LogP contribution in [0.2, 0.25) is 0 Å². The van der Waals surface area contributed by atoms with Crippen LogP contribution < -0.4 is 11.1 Å². The van der Waals surface area contributed by atoms with Crippen LogP contribution in [0, 0.1) is 18.3 Å². The molecule has 0 bridgehead atoms. The van der Waals surface area contributed by atoms with Crippen molar-refractivity contribution in [3.63, 3.8) is 0 Å². The van der Waals surface area contributed by atoms with Crippen LogP contribution in [0.15, 0.2) is 30.5 Å². The zero-order chi connectivity index (χ0) is 24.8. The molecule has 4 N–H and O–H groups in total. The third-order valence-corrected chi connectivity index (χ3v) is 4.93. The largest absolute Gasteiger partial charge is 0.385 e. The number of aliphatic hydroxyl groups is 1. The number of amides is 2. The van der Waals surface area contributed by atoms with Gasteiger partial charge in [0.1, 0.15) is 12.4 Å². The van der Waals surface area contributed by atoms with Gasteiger partial charge >= 0.3 is 0 Å². The molecule has 4 rings (SSSR count). The predicted octanol–water partition coefficient (Wildman–Crippen LogP) is 1.04. The van der Waals surface area contributed by atoms with Gasteiger partial charge in [-0.1, -0.05) is 12.0 Å². The molecular weight excluding hydrogens is 436 g/mol. The van der Waals surface area contributed by atoms with E-state index in [1.807, 2.05) is 18.2 Å². The lowest BCUT2D eigenvalue weighted by Gasteiger charge is -2.04. The number of primary amides is 1. The van der Waals surface area contributed by atoms with Crippen molar-refractivity contribution in [3.05, 3.63) is 41.7 Å². The molecule has 1 saturated heterocycles. The molecule has 2 fully saturated rings. The first-order valence-corrected chi connectivity index (χ1v) is 9.94. The number of nitrogens with one attached hydrogen (secondary N) is 1. The number of likely N-dealkylation sites (tertiary alicyclic amines) is 1. The van der Waals surface area contributed by atoms with Crippen LogP contribution in [0.5, 0.6) is 0 Å². The number of benzene rings is 1. The van der Waals surface area contributed by atoms with Gasteiger partial charge in [0.15, 0.2) is 5.69 Å². The number of halogens is 2. The number of hydrogen-bond donors (Lipinski definition) is 3. The highest BCUT2D eigenvalue weighted by Gasteiger charge is 2.56. The molecule has 11 heteroatoms. The average Bonchev–Trinajstić information content (AvgIpc) is 3.10. The van der Waals surface area contributed by atoms with E-state index in [1.165, 1.54) is 4.90 Å². The van der Waals surface area contributed by atoms with Gasteiger partial charge in [-0.15, -0.1) is 6.42 Å². The van der Waals surface area contributed by atoms with Gasteiger partial charge in [0.25, 0.3) is 17.7 Å². The summed E-state index contributed by atoms with van der Waals surface area (Å²) in [7, 11) is 3.39. The molecular formula is C22H25F2N5O4. The Morgan fingerprint density at radius 3 is 2.45 bits per heavy atom. The number of anilines is 1. The van der Waals surface area contributed by atoms with E-state index >= 15 is 0 Å². The molecule has 1 aliphatic heterocycles. The molecule has 0 radical (unpaired) electrons. The van der Waals surface area contributed by atoms with E-state index in [4.69, 9.17) is 17.3 Å². The van der Waals surface area contributed by atoms with E-state index in [-0.39, 0.29) is 18.0 Å². The molecule has 1 saturated carbocycles. The summed E-state index contributed by atoms with van der Waals surface area (Å²) in [5.74, 6) is -1.80. The van der Waals surface area contributed by atoms with E-state index in [0.717, 1.165) is 11.3 Å². The molecule has 2 amide bonds. The summed E-state index contributed by atoms with van der Waals surface area (Å²) in [5, 5.41) is 15.8. The molecule has 2 atom stereocenters. The van der Waals surface area contributed by atoms with Crippen LogP contribution in [0.25, 0.3) is 5.69 Å². The molecule has 176 valence electrons. The number of likely N-dealkylation sites (N-methyl/N-ethyl adjacent to an activating group) is 1. The lowest BCUT2D eigenvalue weighted by molar-refractivity contribution is -0.133. The van der Waals surface area contributed by atoms with Gasteiger partial charge in [-0.25, -0.2) is 13.5 Å². The minimum atomic E-state index is -2.65. The van der Waals surface area contributed by atoms with Gasteiger partial charge in [0.05, 0.1) is 23.5 Å². The number of terminal acetylenes is 1. The number of aldehydes is 1. The summed E-state index contributed by atoms with van der Waals surface area (Å²) >= 11 is 0. The second kappa shape index (κ2) is 10.7. The minimum Gasteiger partial charge on any atom is -0.385 e. The molecule has 1 aromatic heterocycles. The Labute approximate surface area is 189 Å². The Bertz CT molecular complexity index is 1050. The van der Waals surface area contributed by atoms with Crippen molar-refractivity contribution >= 4 is 23.8 Å². The van der Waals surface area contributed by atoms with Gasteiger partial charge in [0.2, 0.25) is 0 Å². The second-order valence-corrected chi connectivity index (χ2v) is 7.42. The monoisotopic (exact) mass is 461 g/mol. The SMILES string of the molecule is C#Cc1cccc(-n2cc(NC)c(C(N)=O)n2)c1.CN1CC[C@H](O)C1=O.O=C[C@@H]1CC1(F)F. The summed E-state index contributed by atoms with van der Waals surface area (Å²) in [6.07, 6.45) is 6.97. The maximum absolute atomic E-state index is 11.6. The summed E-state index contributed by atoms with van der Waals surface area (Å²) < 4.78 is 24.7. The highest BCUT2D eigenvalue weighted by Crippen LogP contribution is 2.46. The third-order valence-electron chi connectivity index (χ3n) is 4.93. The molecule has 9 nitrogen and oxygen atoms in total. The first kappa shape index (κ1) is 25.5. The topological polar surface area (TPSA) is 131 Å². The number of aromatic nitrogens is 2. The lowest BCUT2D eigenvalue weighted by atomic mass is 10.2. The molecule has 1 aliphatic carbocycles. The molecule has 2 heterocycles. The molecule has 0 unspecified atom stereocenters. The Balaban J connectivity index is 0.000000210. The zero-order valence-electron chi connectivity index (χ0n) is 18.2. The molecule has 2 aromatic rings. The summed E-state index contributed by atoms with van der Waals surface area (Å²) in [5.41, 5.74) is 7.54. The Hall–Kier alpha value is -3.78. The van der Waals surface area contributed by atoms with Gasteiger partial charge in [0, 0.05) is 32.6 Å². The van der Waals surface area contributed by atoms with Crippen LogP contribution in [-0.4, -0.2) is 70.6 Å². The number of hydrogen-bond acceptors (Lipinski definition) is 6. The van der Waals surface area contributed by atoms with Gasteiger partial charge < -0.3 is 25.9 Å². The van der Waals surface area contributed by atoms with Crippen LogP contribution in [0.3, 0.4) is 0 Å². The molecule has 0 spiro atoms. The summed E-state index contributed by atoms with van der Waals surface area (Å²) in [4.78, 5) is 32.8. The maximum atomic E-state index is 11.6. The van der Waals surface area contributed by atoms with Crippen molar-refractivity contribution in [2.45, 2.75) is 24.9 Å². The smallest absolute Gasteiger partial charge is 0.271 e. The fourth-order valence-electron chi connectivity index (χ4n) is 2.80. The van der Waals surface area contributed by atoms with Crippen LogP contribution >= 0.6 is 0 Å². The fourth-order valence-corrected chi connectivity index (χ4v) is 2.80. The average molecular weight is 461 g/mol. The quantitative estimate of drug-likeness (QED) is 0.461. The van der Waals surface area contributed by atoms with Gasteiger partial charge in [-0.3, -0.25) is 9.59 Å². The van der Waals surface area contributed by atoms with Crippen molar-refractivity contribution in [1.29, 1.82) is 0 Å². The Kier molecular flexibility index (Phi) is 8.26. The normalized spacial score (nSPS) is 19.9. The number of nitrogens with zero attached hydrogens (tertiary/aromatic N) is 3. The zero-order valence-corrected chi connectivity index (χ0v) is 18.2. The van der Waals surface area contributed by atoms with E-state index in [1.54, 1.807) is 31.0 Å². The second-order valence-electron chi connectivity index (χ2n) is 7.42. The predicted molar refractivity (Wildman–Crippen MR) is 117 cm³/mol. The van der Waals surface area contributed by atoms with Crippen LogP contribution in [0.4, 0.5) is 14.5 Å². The maximum Gasteiger partial charge on any atom is 0.271 e. The number of rotatable bonds is 4. The van der Waals surface area contributed by atoms with Crippen LogP contribution in [-0.2, 0) is 9.59 Å². The van der Waals surface area contributed by atoms with E-state index in [2.05, 4.69) is 16.3 Å². The number of nitrogens with two attached hydrogens (primary N) is 1. The van der Waals surface area contributed by atoms with Crippen molar-refractivity contribution < 1.29 is 28.3 Å². The number of aliphatic hydroxyl groups excluding tert-OH is 1. The van der Waals surface area contributed by atoms with Crippen molar-refractivity contribution in [1.82, 2.24) is 14.7 Å². The molecule has 1 aromatic carbocycles. The Morgan fingerprint density at radius 1 is 1.45 bits per heavy atom. The lowest BCUT2D eigenvalue weighted by Crippen LogP contribution is -2.24.